The van der Waals surface area contributed by atoms with Crippen molar-refractivity contribution in [3.8, 4) is 0 Å². The van der Waals surface area contributed by atoms with Crippen LogP contribution in [0.25, 0.3) is 0 Å². The van der Waals surface area contributed by atoms with Gasteiger partial charge in [-0.15, -0.1) is 0 Å². The third kappa shape index (κ3) is 2.51. The van der Waals surface area contributed by atoms with E-state index >= 15 is 0 Å². The average molecular weight is 173 g/mol. The lowest BCUT2D eigenvalue weighted by molar-refractivity contribution is 0.590. The summed E-state index contributed by atoms with van der Waals surface area (Å²) in [4.78, 5) is 1.63. The van der Waals surface area contributed by atoms with Crippen molar-refractivity contribution >= 4 is 13.7 Å². The lowest BCUT2D eigenvalue weighted by Crippen LogP contribution is -2.15. The summed E-state index contributed by atoms with van der Waals surface area (Å²) in [6.07, 6.45) is 0. The van der Waals surface area contributed by atoms with Gasteiger partial charge in [-0.3, -0.25) is 0 Å². The van der Waals surface area contributed by atoms with Crippen LogP contribution in [0.4, 0.5) is 5.69 Å². The molecule has 0 aromatic heterocycles. The van der Waals surface area contributed by atoms with Gasteiger partial charge in [0.2, 0.25) is 7.98 Å². The van der Waals surface area contributed by atoms with Crippen LogP contribution in [0.2, 0.25) is 0 Å². The fourth-order valence-electron chi connectivity index (χ4n) is 1.19. The molecule has 0 heterocycles. The van der Waals surface area contributed by atoms with Gasteiger partial charge in [0.15, 0.2) is 0 Å². The highest BCUT2D eigenvalue weighted by molar-refractivity contribution is 6.17. The van der Waals surface area contributed by atoms with Crippen LogP contribution in [0.5, 0.6) is 0 Å². The number of hydrogen-bond acceptors (Lipinski definition) is 1. The van der Waals surface area contributed by atoms with Crippen LogP contribution in [0.15, 0.2) is 24.3 Å². The Kier molecular flexibility index (Phi) is 2.70. The van der Waals surface area contributed by atoms with E-state index in [-0.39, 0.29) is 5.41 Å². The van der Waals surface area contributed by atoms with Crippen LogP contribution >= 0.6 is 0 Å². The summed E-state index contributed by atoms with van der Waals surface area (Å²) in [6.45, 7) is 6.59. The van der Waals surface area contributed by atoms with E-state index in [1.54, 1.807) is 4.81 Å². The van der Waals surface area contributed by atoms with Crippen LogP contribution in [0.3, 0.4) is 0 Å². The molecule has 0 bridgehead atoms. The molecule has 0 fully saturated rings. The molecule has 0 N–H and O–H groups in total. The first-order chi connectivity index (χ1) is 5.91. The lowest BCUT2D eigenvalue weighted by Gasteiger charge is -2.22. The third-order valence-electron chi connectivity index (χ3n) is 2.12. The molecule has 0 spiro atoms. The van der Waals surface area contributed by atoms with Crippen molar-refractivity contribution in [2.75, 3.05) is 11.9 Å². The summed E-state index contributed by atoms with van der Waals surface area (Å²) < 4.78 is 0. The summed E-state index contributed by atoms with van der Waals surface area (Å²) in [5, 5.41) is 0. The number of rotatable bonds is 1. The molecule has 1 rings (SSSR count). The highest BCUT2D eigenvalue weighted by Gasteiger charge is 2.13. The van der Waals surface area contributed by atoms with Gasteiger partial charge in [0, 0.05) is 5.69 Å². The molecule has 2 radical (unpaired) electrons. The maximum Gasteiger partial charge on any atom is 0.226 e. The summed E-state index contributed by atoms with van der Waals surface area (Å²) in [5.41, 5.74) is 2.54. The highest BCUT2D eigenvalue weighted by atomic mass is 15.0. The molecule has 1 aromatic rings. The molecule has 0 aliphatic rings. The Bertz CT molecular complexity index is 286. The number of benzene rings is 1. The molecule has 0 aliphatic heterocycles. The van der Waals surface area contributed by atoms with Crippen LogP contribution < -0.4 is 4.81 Å². The summed E-state index contributed by atoms with van der Waals surface area (Å²) >= 11 is 0. The van der Waals surface area contributed by atoms with E-state index < -0.39 is 0 Å². The molecule has 0 saturated heterocycles. The highest BCUT2D eigenvalue weighted by Crippen LogP contribution is 2.25. The Morgan fingerprint density at radius 3 is 2.31 bits per heavy atom. The van der Waals surface area contributed by atoms with Crippen LogP contribution in [0.1, 0.15) is 26.3 Å². The van der Waals surface area contributed by atoms with E-state index in [0.717, 1.165) is 5.69 Å². The predicted molar refractivity (Wildman–Crippen MR) is 59.3 cm³/mol. The van der Waals surface area contributed by atoms with Gasteiger partial charge >= 0.3 is 0 Å². The molecule has 68 valence electrons. The van der Waals surface area contributed by atoms with Gasteiger partial charge < -0.3 is 4.81 Å². The first-order valence-corrected chi connectivity index (χ1v) is 4.50. The number of anilines is 1. The monoisotopic (exact) mass is 173 g/mol. The molecule has 0 saturated carbocycles. The van der Waals surface area contributed by atoms with E-state index in [4.69, 9.17) is 7.98 Å². The second-order valence-corrected chi connectivity index (χ2v) is 4.41. The first kappa shape index (κ1) is 10.2. The Hall–Kier alpha value is -0.915. The number of hydrogen-bond donors (Lipinski definition) is 0. The Labute approximate surface area is 82.2 Å². The summed E-state index contributed by atoms with van der Waals surface area (Å²) in [7, 11) is 7.51. The van der Waals surface area contributed by atoms with Gasteiger partial charge in [0.25, 0.3) is 0 Å². The second-order valence-electron chi connectivity index (χ2n) is 4.41. The largest absolute Gasteiger partial charge is 0.427 e. The zero-order valence-electron chi connectivity index (χ0n) is 8.83. The van der Waals surface area contributed by atoms with Gasteiger partial charge in [0.05, 0.1) is 0 Å². The minimum Gasteiger partial charge on any atom is -0.427 e. The van der Waals surface area contributed by atoms with E-state index in [0.29, 0.717) is 0 Å². The van der Waals surface area contributed by atoms with Gasteiger partial charge in [-0.05, 0) is 30.2 Å². The van der Waals surface area contributed by atoms with Gasteiger partial charge in [-0.1, -0.05) is 32.9 Å². The fourth-order valence-corrected chi connectivity index (χ4v) is 1.19. The lowest BCUT2D eigenvalue weighted by atomic mass is 9.87. The van der Waals surface area contributed by atoms with E-state index in [9.17, 15) is 0 Å². The maximum atomic E-state index is 5.66. The maximum absolute atomic E-state index is 5.66. The molecule has 1 aromatic carbocycles. The Morgan fingerprint density at radius 1 is 1.23 bits per heavy atom. The van der Waals surface area contributed by atoms with Crippen molar-refractivity contribution < 1.29 is 0 Å². The van der Waals surface area contributed by atoms with Crippen molar-refractivity contribution in [2.45, 2.75) is 26.2 Å². The smallest absolute Gasteiger partial charge is 0.226 e. The molecule has 2 heteroatoms. The third-order valence-corrected chi connectivity index (χ3v) is 2.12. The van der Waals surface area contributed by atoms with Crippen LogP contribution in [-0.4, -0.2) is 15.0 Å². The van der Waals surface area contributed by atoms with Gasteiger partial charge in [0.1, 0.15) is 0 Å². The minimum atomic E-state index is 0.187. The molecule has 0 amide bonds. The predicted octanol–water partition coefficient (Wildman–Crippen LogP) is 2.50. The normalized spacial score (nSPS) is 11.4. The van der Waals surface area contributed by atoms with Crippen LogP contribution in [-0.2, 0) is 5.41 Å². The van der Waals surface area contributed by atoms with Crippen molar-refractivity contribution in [3.63, 3.8) is 0 Å². The van der Waals surface area contributed by atoms with Crippen molar-refractivity contribution in [2.24, 2.45) is 0 Å². The van der Waals surface area contributed by atoms with E-state index in [2.05, 4.69) is 32.9 Å². The van der Waals surface area contributed by atoms with Crippen molar-refractivity contribution in [3.05, 3.63) is 29.8 Å². The zero-order chi connectivity index (χ0) is 10.1. The SMILES string of the molecule is [B]N(C)c1cccc(C(C)(C)C)c1. The van der Waals surface area contributed by atoms with Gasteiger partial charge in [-0.2, -0.15) is 0 Å². The molecule has 0 aliphatic carbocycles. The topological polar surface area (TPSA) is 3.24 Å². The molecule has 13 heavy (non-hydrogen) atoms. The molecular formula is C11H16BN. The quantitative estimate of drug-likeness (QED) is 0.589. The van der Waals surface area contributed by atoms with Crippen LogP contribution in [0, 0.1) is 0 Å². The molecule has 0 atom stereocenters. The van der Waals surface area contributed by atoms with E-state index in [1.807, 2.05) is 19.2 Å². The standard InChI is InChI=1S/C11H16BN/c1-11(2,3)9-6-5-7-10(8-9)13(4)12/h5-8H,1-4H3. The van der Waals surface area contributed by atoms with E-state index in [1.165, 1.54) is 5.56 Å². The Morgan fingerprint density at radius 2 is 1.85 bits per heavy atom. The van der Waals surface area contributed by atoms with Crippen molar-refractivity contribution in [1.29, 1.82) is 0 Å². The summed E-state index contributed by atoms with van der Waals surface area (Å²) in [5.74, 6) is 0. The first-order valence-electron chi connectivity index (χ1n) is 4.50. The molecule has 0 unspecified atom stereocenters. The molecular weight excluding hydrogens is 157 g/mol. The average Bonchev–Trinajstić information content (AvgIpc) is 2.03. The number of nitrogens with zero attached hydrogens (tertiary/aromatic N) is 1. The zero-order valence-corrected chi connectivity index (χ0v) is 8.83. The molecule has 1 nitrogen and oxygen atoms in total. The fraction of sp³-hybridized carbons (Fsp3) is 0.455. The Balaban J connectivity index is 3.06. The summed E-state index contributed by atoms with van der Waals surface area (Å²) in [6, 6.07) is 8.31. The van der Waals surface area contributed by atoms with Crippen molar-refractivity contribution in [1.82, 2.24) is 0 Å². The minimum absolute atomic E-state index is 0.187. The van der Waals surface area contributed by atoms with Gasteiger partial charge in [-0.25, -0.2) is 0 Å². The second kappa shape index (κ2) is 3.45.